The van der Waals surface area contributed by atoms with E-state index in [4.69, 9.17) is 11.6 Å². The maximum atomic E-state index is 12.5. The quantitative estimate of drug-likeness (QED) is 0.643. The number of fused-ring (bicyclic) bond motifs is 1. The van der Waals surface area contributed by atoms with Gasteiger partial charge in [-0.25, -0.2) is 4.98 Å². The Bertz CT molecular complexity index is 731. The van der Waals surface area contributed by atoms with Crippen molar-refractivity contribution in [3.63, 3.8) is 0 Å². The highest BCUT2D eigenvalue weighted by Gasteiger charge is 2.26. The molecule has 3 rings (SSSR count). The molecule has 6 nitrogen and oxygen atoms in total. The molecule has 0 unspecified atom stereocenters. The van der Waals surface area contributed by atoms with Gasteiger partial charge in [-0.2, -0.15) is 0 Å². The predicted molar refractivity (Wildman–Crippen MR) is 78.7 cm³/mol. The Labute approximate surface area is 129 Å². The molecule has 0 radical (unpaired) electrons. The molecule has 0 spiro atoms. The number of aromatic nitrogens is 1. The third-order valence-corrected chi connectivity index (χ3v) is 4.44. The molecule has 1 amide bonds. The summed E-state index contributed by atoms with van der Waals surface area (Å²) >= 11 is 7.11. The Morgan fingerprint density at radius 1 is 1.48 bits per heavy atom. The lowest BCUT2D eigenvalue weighted by atomic mass is 9.98. The van der Waals surface area contributed by atoms with Crippen molar-refractivity contribution in [3.8, 4) is 0 Å². The zero-order valence-corrected chi connectivity index (χ0v) is 12.4. The van der Waals surface area contributed by atoms with E-state index < -0.39 is 4.92 Å². The number of carbonyl (C=O) groups excluding carboxylic acids is 1. The molecule has 0 bridgehead atoms. The second kappa shape index (κ2) is 5.42. The van der Waals surface area contributed by atoms with Crippen molar-refractivity contribution in [1.82, 2.24) is 9.88 Å². The average molecular weight is 324 g/mol. The van der Waals surface area contributed by atoms with Crippen LogP contribution in [0.4, 0.5) is 5.69 Å². The lowest BCUT2D eigenvalue weighted by Gasteiger charge is -2.27. The van der Waals surface area contributed by atoms with Crippen LogP contribution in [0.1, 0.15) is 20.8 Å². The third-order valence-electron chi connectivity index (χ3n) is 3.35. The average Bonchev–Trinajstić information content (AvgIpc) is 2.87. The molecule has 8 heteroatoms. The molecule has 0 fully saturated rings. The summed E-state index contributed by atoms with van der Waals surface area (Å²) in [5.74, 6) is -0.190. The van der Waals surface area contributed by atoms with Crippen molar-refractivity contribution in [2.24, 2.45) is 0 Å². The minimum atomic E-state index is -0.491. The second-order valence-electron chi connectivity index (χ2n) is 4.65. The van der Waals surface area contributed by atoms with Gasteiger partial charge in [0.1, 0.15) is 0 Å². The highest BCUT2D eigenvalue weighted by molar-refractivity contribution is 7.15. The molecule has 21 heavy (non-hydrogen) atoms. The Morgan fingerprint density at radius 3 is 2.95 bits per heavy atom. The molecule has 2 aromatic rings. The van der Waals surface area contributed by atoms with Crippen molar-refractivity contribution in [2.75, 3.05) is 6.54 Å². The van der Waals surface area contributed by atoms with E-state index in [0.717, 1.165) is 10.4 Å². The highest BCUT2D eigenvalue weighted by atomic mass is 35.5. The Kier molecular flexibility index (Phi) is 3.60. The largest absolute Gasteiger partial charge is 0.333 e. The van der Waals surface area contributed by atoms with E-state index >= 15 is 0 Å². The number of nitrogens with zero attached hydrogens (tertiary/aromatic N) is 3. The lowest BCUT2D eigenvalue weighted by molar-refractivity contribution is -0.384. The summed E-state index contributed by atoms with van der Waals surface area (Å²) in [5, 5.41) is 10.8. The molecule has 0 aliphatic carbocycles. The van der Waals surface area contributed by atoms with Crippen LogP contribution in [0.3, 0.4) is 0 Å². The maximum Gasteiger partial charge on any atom is 0.270 e. The van der Waals surface area contributed by atoms with Crippen LogP contribution in [0.15, 0.2) is 24.4 Å². The topological polar surface area (TPSA) is 76.3 Å². The fourth-order valence-electron chi connectivity index (χ4n) is 2.32. The molecule has 0 saturated carbocycles. The SMILES string of the molecule is O=C1c2cc([N+](=O)[O-])ccc2CCN1Cc1cnc(Cl)s1. The molecule has 0 saturated heterocycles. The van der Waals surface area contributed by atoms with Crippen LogP contribution in [0.25, 0.3) is 0 Å². The van der Waals surface area contributed by atoms with Crippen molar-refractivity contribution in [3.05, 3.63) is 55.0 Å². The van der Waals surface area contributed by atoms with Crippen LogP contribution in [0, 0.1) is 10.1 Å². The monoisotopic (exact) mass is 323 g/mol. The minimum absolute atomic E-state index is 0.0650. The van der Waals surface area contributed by atoms with Gasteiger partial charge >= 0.3 is 0 Å². The summed E-state index contributed by atoms with van der Waals surface area (Å²) < 4.78 is 0.436. The first-order chi connectivity index (χ1) is 10.0. The first-order valence-electron chi connectivity index (χ1n) is 6.21. The van der Waals surface area contributed by atoms with E-state index in [2.05, 4.69) is 4.98 Å². The predicted octanol–water partition coefficient (Wildman–Crippen LogP) is 2.90. The summed E-state index contributed by atoms with van der Waals surface area (Å²) in [6.45, 7) is 1.00. The number of nitro groups is 1. The first-order valence-corrected chi connectivity index (χ1v) is 7.41. The number of non-ortho nitro benzene ring substituents is 1. The van der Waals surface area contributed by atoms with E-state index in [-0.39, 0.29) is 11.6 Å². The number of nitro benzene ring substituents is 1. The van der Waals surface area contributed by atoms with E-state index in [1.54, 1.807) is 17.2 Å². The van der Waals surface area contributed by atoms with E-state index in [0.29, 0.717) is 29.5 Å². The van der Waals surface area contributed by atoms with E-state index in [1.165, 1.54) is 23.5 Å². The lowest BCUT2D eigenvalue weighted by Crippen LogP contribution is -2.36. The number of carbonyl (C=O) groups is 1. The summed E-state index contributed by atoms with van der Waals surface area (Å²) in [4.78, 5) is 29.3. The second-order valence-corrected chi connectivity index (χ2v) is 6.35. The van der Waals surface area contributed by atoms with Gasteiger partial charge in [-0.15, -0.1) is 11.3 Å². The van der Waals surface area contributed by atoms with Gasteiger partial charge in [-0.3, -0.25) is 14.9 Å². The van der Waals surface area contributed by atoms with Crippen LogP contribution in [-0.2, 0) is 13.0 Å². The molecular formula is C13H10ClN3O3S. The van der Waals surface area contributed by atoms with E-state index in [1.807, 2.05) is 0 Å². The van der Waals surface area contributed by atoms with Gasteiger partial charge in [0.05, 0.1) is 11.5 Å². The van der Waals surface area contributed by atoms with Gasteiger partial charge in [-0.1, -0.05) is 17.7 Å². The summed E-state index contributed by atoms with van der Waals surface area (Å²) in [7, 11) is 0. The van der Waals surface area contributed by atoms with Crippen molar-refractivity contribution in [1.29, 1.82) is 0 Å². The Balaban J connectivity index is 1.87. The smallest absolute Gasteiger partial charge is 0.270 e. The van der Waals surface area contributed by atoms with E-state index in [9.17, 15) is 14.9 Å². The number of thiazole rings is 1. The molecule has 1 aromatic carbocycles. The van der Waals surface area contributed by atoms with Gasteiger partial charge in [0.15, 0.2) is 4.47 Å². The molecule has 0 atom stereocenters. The number of rotatable bonds is 3. The first kappa shape index (κ1) is 14.0. The van der Waals surface area contributed by atoms with Gasteiger partial charge in [0.25, 0.3) is 11.6 Å². The zero-order valence-electron chi connectivity index (χ0n) is 10.8. The van der Waals surface area contributed by atoms with Crippen molar-refractivity contribution in [2.45, 2.75) is 13.0 Å². The molecule has 2 heterocycles. The molecule has 108 valence electrons. The molecule has 1 aromatic heterocycles. The maximum absolute atomic E-state index is 12.5. The molecule has 1 aliphatic heterocycles. The van der Waals surface area contributed by atoms with Gasteiger partial charge in [0, 0.05) is 35.3 Å². The minimum Gasteiger partial charge on any atom is -0.333 e. The van der Waals surface area contributed by atoms with Crippen molar-refractivity contribution < 1.29 is 9.72 Å². The summed E-state index contributed by atoms with van der Waals surface area (Å²) in [6, 6.07) is 4.44. The van der Waals surface area contributed by atoms with Gasteiger partial charge in [-0.05, 0) is 12.0 Å². The van der Waals surface area contributed by atoms with Gasteiger partial charge < -0.3 is 4.90 Å². The van der Waals surface area contributed by atoms with Crippen LogP contribution in [-0.4, -0.2) is 27.3 Å². The van der Waals surface area contributed by atoms with Gasteiger partial charge in [0.2, 0.25) is 0 Å². The van der Waals surface area contributed by atoms with Crippen LogP contribution < -0.4 is 0 Å². The fourth-order valence-corrected chi connectivity index (χ4v) is 3.31. The van der Waals surface area contributed by atoms with Crippen molar-refractivity contribution >= 4 is 34.5 Å². The number of hydrogen-bond donors (Lipinski definition) is 0. The number of benzene rings is 1. The number of halogens is 1. The van der Waals surface area contributed by atoms with Crippen LogP contribution in [0.5, 0.6) is 0 Å². The fraction of sp³-hybridized carbons (Fsp3) is 0.231. The number of hydrogen-bond acceptors (Lipinski definition) is 5. The Morgan fingerprint density at radius 2 is 2.29 bits per heavy atom. The molecule has 1 aliphatic rings. The normalized spacial score (nSPS) is 14.1. The Hall–Kier alpha value is -1.99. The summed E-state index contributed by atoms with van der Waals surface area (Å²) in [5.41, 5.74) is 1.19. The molecule has 0 N–H and O–H groups in total. The zero-order chi connectivity index (χ0) is 15.0. The number of amides is 1. The van der Waals surface area contributed by atoms with Crippen LogP contribution >= 0.6 is 22.9 Å². The highest BCUT2D eigenvalue weighted by Crippen LogP contribution is 2.26. The standard InChI is InChI=1S/C13H10ClN3O3S/c14-13-15-6-10(21-13)7-16-4-3-8-1-2-9(17(19)20)5-11(8)12(16)18/h1-2,5-6H,3-4,7H2. The summed E-state index contributed by atoms with van der Waals surface area (Å²) in [6.07, 6.45) is 2.33. The molecular weight excluding hydrogens is 314 g/mol. The third kappa shape index (κ3) is 2.74. The van der Waals surface area contributed by atoms with Crippen LogP contribution in [0.2, 0.25) is 4.47 Å².